The Morgan fingerprint density at radius 2 is 1.52 bits per heavy atom. The number of sulfonamides is 1. The Hall–Kier alpha value is -2.43. The molecule has 0 aliphatic carbocycles. The maximum atomic E-state index is 12.8. The average molecular weight is 484 g/mol. The number of alkyl halides is 3. The summed E-state index contributed by atoms with van der Waals surface area (Å²) in [5, 5.41) is 2.97. The van der Waals surface area contributed by atoms with Gasteiger partial charge < -0.3 is 5.32 Å². The summed E-state index contributed by atoms with van der Waals surface area (Å²) in [5.41, 5.74) is 0.892. The van der Waals surface area contributed by atoms with Crippen LogP contribution >= 0.6 is 0 Å². The van der Waals surface area contributed by atoms with Crippen molar-refractivity contribution < 1.29 is 26.4 Å². The zero-order valence-corrected chi connectivity index (χ0v) is 19.6. The van der Waals surface area contributed by atoms with E-state index in [0.29, 0.717) is 13.1 Å². The van der Waals surface area contributed by atoms with Crippen molar-refractivity contribution in [3.05, 3.63) is 59.7 Å². The van der Waals surface area contributed by atoms with Gasteiger partial charge in [0.1, 0.15) is 0 Å². The van der Waals surface area contributed by atoms with E-state index in [9.17, 15) is 26.4 Å². The van der Waals surface area contributed by atoms with E-state index in [1.807, 2.05) is 43.0 Å². The highest BCUT2D eigenvalue weighted by Gasteiger charge is 2.34. The van der Waals surface area contributed by atoms with Crippen LogP contribution in [0.1, 0.15) is 37.8 Å². The first kappa shape index (κ1) is 25.2. The van der Waals surface area contributed by atoms with Crippen molar-refractivity contribution in [2.75, 3.05) is 31.5 Å². The van der Waals surface area contributed by atoms with Gasteiger partial charge in [0.05, 0.1) is 16.5 Å². The quantitative estimate of drug-likeness (QED) is 0.670. The van der Waals surface area contributed by atoms with E-state index in [0.717, 1.165) is 35.5 Å². The molecule has 6 nitrogen and oxygen atoms in total. The number of piperazine rings is 1. The van der Waals surface area contributed by atoms with Gasteiger partial charge in [0.2, 0.25) is 15.9 Å². The first-order chi connectivity index (χ1) is 15.4. The maximum absolute atomic E-state index is 12.8. The number of nitrogens with zero attached hydrogens (tertiary/aromatic N) is 2. The molecule has 3 rings (SSSR count). The molecule has 2 aromatic carbocycles. The lowest BCUT2D eigenvalue weighted by Gasteiger charge is -2.36. The highest BCUT2D eigenvalue weighted by Crippen LogP contribution is 2.30. The fourth-order valence-electron chi connectivity index (χ4n) is 3.81. The molecule has 0 saturated carbocycles. The minimum Gasteiger partial charge on any atom is -0.324 e. The molecule has 1 N–H and O–H groups in total. The largest absolute Gasteiger partial charge is 0.416 e. The third kappa shape index (κ3) is 5.74. The van der Waals surface area contributed by atoms with Crippen LogP contribution in [0.2, 0.25) is 0 Å². The molecule has 0 aromatic heterocycles. The highest BCUT2D eigenvalue weighted by atomic mass is 32.2. The number of hydrogen-bond acceptors (Lipinski definition) is 4. The molecule has 1 aliphatic rings. The fraction of sp³-hybridized carbons (Fsp3) is 0.435. The van der Waals surface area contributed by atoms with Gasteiger partial charge in [-0.25, -0.2) is 8.42 Å². The number of carbonyl (C=O) groups excluding carboxylic acids is 1. The van der Waals surface area contributed by atoms with Crippen LogP contribution < -0.4 is 5.32 Å². The van der Waals surface area contributed by atoms with Gasteiger partial charge in [-0.15, -0.1) is 0 Å². The van der Waals surface area contributed by atoms with E-state index in [1.165, 1.54) is 4.31 Å². The van der Waals surface area contributed by atoms with E-state index in [4.69, 9.17) is 0 Å². The van der Waals surface area contributed by atoms with Crippen LogP contribution in [0.3, 0.4) is 0 Å². The average Bonchev–Trinajstić information content (AvgIpc) is 2.78. The summed E-state index contributed by atoms with van der Waals surface area (Å²) in [6, 6.07) is 10.6. The zero-order chi connectivity index (χ0) is 24.4. The van der Waals surface area contributed by atoms with Crippen LogP contribution in [0, 0.1) is 0 Å². The molecule has 0 bridgehead atoms. The molecule has 10 heteroatoms. The minimum atomic E-state index is -4.53. The molecule has 1 aliphatic heterocycles. The normalized spacial score (nSPS) is 17.2. The lowest BCUT2D eigenvalue weighted by Crippen LogP contribution is -2.53. The van der Waals surface area contributed by atoms with Crippen molar-refractivity contribution in [1.29, 1.82) is 0 Å². The minimum absolute atomic E-state index is 0.142. The second-order valence-electron chi connectivity index (χ2n) is 8.37. The summed E-state index contributed by atoms with van der Waals surface area (Å²) in [6.07, 6.45) is -4.53. The summed E-state index contributed by atoms with van der Waals surface area (Å²) in [7, 11) is -3.92. The van der Waals surface area contributed by atoms with Gasteiger partial charge >= 0.3 is 6.18 Å². The van der Waals surface area contributed by atoms with Crippen molar-refractivity contribution in [2.45, 2.75) is 43.8 Å². The topological polar surface area (TPSA) is 69.7 Å². The van der Waals surface area contributed by atoms with Gasteiger partial charge in [-0.1, -0.05) is 32.0 Å². The number of hydrogen-bond donors (Lipinski definition) is 1. The Bertz CT molecular complexity index is 1080. The third-order valence-electron chi connectivity index (χ3n) is 5.86. The third-order valence-corrected chi connectivity index (χ3v) is 7.77. The Balaban J connectivity index is 1.62. The SMILES string of the molecule is CC(C)c1ccccc1NC(=O)C(C)N1CCN(S(=O)(=O)c2ccc(C(F)(F)F)cc2)CC1. The fourth-order valence-corrected chi connectivity index (χ4v) is 5.24. The Kier molecular flexibility index (Phi) is 7.50. The monoisotopic (exact) mass is 483 g/mol. The number of amides is 1. The predicted octanol–water partition coefficient (Wildman–Crippen LogP) is 4.16. The highest BCUT2D eigenvalue weighted by molar-refractivity contribution is 7.89. The maximum Gasteiger partial charge on any atom is 0.416 e. The van der Waals surface area contributed by atoms with Crippen LogP contribution in [0.4, 0.5) is 18.9 Å². The van der Waals surface area contributed by atoms with Gasteiger partial charge in [-0.2, -0.15) is 17.5 Å². The summed E-state index contributed by atoms with van der Waals surface area (Å²) in [5.74, 6) is 0.0675. The zero-order valence-electron chi connectivity index (χ0n) is 18.8. The molecule has 1 atom stereocenters. The second-order valence-corrected chi connectivity index (χ2v) is 10.3. The van der Waals surface area contributed by atoms with Crippen LogP contribution in [-0.2, 0) is 21.0 Å². The lowest BCUT2D eigenvalue weighted by molar-refractivity contribution is -0.137. The Labute approximate surface area is 192 Å². The molecule has 0 radical (unpaired) electrons. The molecular formula is C23H28F3N3O3S. The Morgan fingerprint density at radius 1 is 0.939 bits per heavy atom. The number of rotatable bonds is 6. The summed E-state index contributed by atoms with van der Waals surface area (Å²) >= 11 is 0. The number of nitrogens with one attached hydrogen (secondary N) is 1. The van der Waals surface area contributed by atoms with E-state index in [2.05, 4.69) is 5.32 Å². The smallest absolute Gasteiger partial charge is 0.324 e. The molecule has 2 aromatic rings. The number of halogens is 3. The first-order valence-corrected chi connectivity index (χ1v) is 12.2. The van der Waals surface area contributed by atoms with Gasteiger partial charge in [-0.05, 0) is 48.7 Å². The molecule has 33 heavy (non-hydrogen) atoms. The number of carbonyl (C=O) groups is 1. The molecule has 1 amide bonds. The number of anilines is 1. The van der Waals surface area contributed by atoms with Gasteiger partial charge in [0.25, 0.3) is 0 Å². The van der Waals surface area contributed by atoms with E-state index >= 15 is 0 Å². The van der Waals surface area contributed by atoms with E-state index in [1.54, 1.807) is 6.92 Å². The molecule has 1 saturated heterocycles. The molecule has 0 spiro atoms. The molecule has 1 heterocycles. The van der Waals surface area contributed by atoms with Crippen LogP contribution in [0.5, 0.6) is 0 Å². The molecular weight excluding hydrogens is 455 g/mol. The second kappa shape index (κ2) is 9.82. The van der Waals surface area contributed by atoms with Crippen LogP contribution in [0.15, 0.2) is 53.4 Å². The number of benzene rings is 2. The van der Waals surface area contributed by atoms with Crippen LogP contribution in [0.25, 0.3) is 0 Å². The lowest BCUT2D eigenvalue weighted by atomic mass is 10.0. The van der Waals surface area contributed by atoms with Crippen molar-refractivity contribution in [1.82, 2.24) is 9.21 Å². The van der Waals surface area contributed by atoms with E-state index in [-0.39, 0.29) is 29.8 Å². The standard InChI is InChI=1S/C23H28F3N3O3S/c1-16(2)20-6-4-5-7-21(20)27-22(30)17(3)28-12-14-29(15-13-28)33(31,32)19-10-8-18(9-11-19)23(24,25)26/h4-11,16-17H,12-15H2,1-3H3,(H,27,30). The first-order valence-electron chi connectivity index (χ1n) is 10.7. The summed E-state index contributed by atoms with van der Waals surface area (Å²) in [4.78, 5) is 14.5. The van der Waals surface area contributed by atoms with Gasteiger partial charge in [-0.3, -0.25) is 9.69 Å². The van der Waals surface area contributed by atoms with Crippen molar-refractivity contribution >= 4 is 21.6 Å². The summed E-state index contributed by atoms with van der Waals surface area (Å²) in [6.45, 7) is 6.82. The molecule has 1 unspecified atom stereocenters. The number of para-hydroxylation sites is 1. The molecule has 1 fully saturated rings. The van der Waals surface area contributed by atoms with Crippen molar-refractivity contribution in [3.8, 4) is 0 Å². The van der Waals surface area contributed by atoms with Crippen molar-refractivity contribution in [2.24, 2.45) is 0 Å². The van der Waals surface area contributed by atoms with Gasteiger partial charge in [0.15, 0.2) is 0 Å². The van der Waals surface area contributed by atoms with Crippen molar-refractivity contribution in [3.63, 3.8) is 0 Å². The van der Waals surface area contributed by atoms with Gasteiger partial charge in [0, 0.05) is 31.9 Å². The van der Waals surface area contributed by atoms with Crippen LogP contribution in [-0.4, -0.2) is 55.8 Å². The predicted molar refractivity (Wildman–Crippen MR) is 120 cm³/mol. The Morgan fingerprint density at radius 3 is 2.06 bits per heavy atom. The molecule has 180 valence electrons. The summed E-state index contributed by atoms with van der Waals surface area (Å²) < 4.78 is 65.2. The van der Waals surface area contributed by atoms with E-state index < -0.39 is 27.8 Å².